The van der Waals surface area contributed by atoms with Gasteiger partial charge in [-0.15, -0.1) is 0 Å². The van der Waals surface area contributed by atoms with Crippen molar-refractivity contribution < 1.29 is 22.7 Å². The number of hydrogen-bond donors (Lipinski definition) is 0. The molecule has 1 heterocycles. The van der Waals surface area contributed by atoms with Crippen LogP contribution in [-0.2, 0) is 24.4 Å². The van der Waals surface area contributed by atoms with Crippen molar-refractivity contribution in [1.82, 2.24) is 0 Å². The molecule has 0 saturated carbocycles. The molecule has 218 valence electrons. The van der Waals surface area contributed by atoms with Gasteiger partial charge in [0, 0.05) is 22.3 Å². The molecule has 0 radical (unpaired) electrons. The van der Waals surface area contributed by atoms with Crippen LogP contribution in [0, 0.1) is 6.92 Å². The van der Waals surface area contributed by atoms with E-state index >= 15 is 0 Å². The fourth-order valence-electron chi connectivity index (χ4n) is 5.27. The van der Waals surface area contributed by atoms with Crippen LogP contribution in [0.4, 0.5) is 0 Å². The van der Waals surface area contributed by atoms with Crippen molar-refractivity contribution in [3.63, 3.8) is 0 Å². The van der Waals surface area contributed by atoms with Gasteiger partial charge < -0.3 is 5.53 Å². The molecular weight excluding hydrogens is 567 g/mol. The van der Waals surface area contributed by atoms with Gasteiger partial charge in [0.15, 0.2) is 0 Å². The van der Waals surface area contributed by atoms with E-state index in [0.717, 1.165) is 72.6 Å². The molecule has 3 heteroatoms. The minimum absolute atomic E-state index is 0.998. The third-order valence-corrected chi connectivity index (χ3v) is 8.85. The van der Waals surface area contributed by atoms with E-state index in [0.29, 0.717) is 0 Å². The molecule has 0 saturated heterocycles. The molecule has 2 nitrogen and oxygen atoms in total. The van der Waals surface area contributed by atoms with Crippen molar-refractivity contribution in [3.05, 3.63) is 87.5 Å². The minimum atomic E-state index is 0.998. The maximum atomic E-state index is 11.7. The van der Waals surface area contributed by atoms with Crippen LogP contribution in [0.3, 0.4) is 0 Å². The topological polar surface area (TPSA) is 25.3 Å². The summed E-state index contributed by atoms with van der Waals surface area (Å²) in [6.45, 7) is 13.4. The zero-order valence-corrected chi connectivity index (χ0v) is 27.3. The Hall–Kier alpha value is -1.82. The number of unbranched alkanes of at least 4 members (excludes halogenated alkanes) is 6. The third kappa shape index (κ3) is 10.6. The number of hydrogen-bond acceptors (Lipinski definition) is 0. The molecule has 0 spiro atoms. The molecule has 39 heavy (non-hydrogen) atoms. The fourth-order valence-corrected chi connectivity index (χ4v) is 6.05. The first-order chi connectivity index (χ1) is 19.0. The van der Waals surface area contributed by atoms with Gasteiger partial charge in [0.05, 0.1) is 0 Å². The molecule has 0 bridgehead atoms. The average Bonchev–Trinajstić information content (AvgIpc) is 3.21. The molecule has 2 aromatic rings. The number of rotatable bonds is 16. The maximum absolute atomic E-state index is 11.7. The van der Waals surface area contributed by atoms with E-state index in [-0.39, 0.29) is 0 Å². The molecular formula is C36H54N2Pd. The molecule has 3 rings (SSSR count). The molecule has 0 unspecified atom stereocenters. The van der Waals surface area contributed by atoms with Gasteiger partial charge in [0.2, 0.25) is 11.4 Å². The Kier molecular flexibility index (Phi) is 16.5. The summed E-state index contributed by atoms with van der Waals surface area (Å²) in [4.78, 5) is 2.79. The van der Waals surface area contributed by atoms with Gasteiger partial charge in [-0.2, -0.15) is 0 Å². The summed E-state index contributed by atoms with van der Waals surface area (Å²) in [6, 6.07) is 17.5. The van der Waals surface area contributed by atoms with E-state index in [4.69, 9.17) is 0 Å². The second-order valence-corrected chi connectivity index (χ2v) is 13.5. The van der Waals surface area contributed by atoms with Gasteiger partial charge in [0.25, 0.3) is 0 Å². The summed E-state index contributed by atoms with van der Waals surface area (Å²) in [5, 5.41) is 0. The van der Waals surface area contributed by atoms with Crippen molar-refractivity contribution in [2.75, 3.05) is 0 Å². The predicted molar refractivity (Wildman–Crippen MR) is 168 cm³/mol. The monoisotopic (exact) mass is 620 g/mol. The van der Waals surface area contributed by atoms with E-state index in [2.05, 4.69) is 90.1 Å². The molecule has 0 aliphatic carbocycles. The van der Waals surface area contributed by atoms with Crippen LogP contribution in [0.1, 0.15) is 128 Å². The van der Waals surface area contributed by atoms with Gasteiger partial charge in [-0.05, 0) is 75.3 Å². The van der Waals surface area contributed by atoms with Gasteiger partial charge in [-0.25, -0.2) is 4.70 Å². The van der Waals surface area contributed by atoms with Crippen LogP contribution in [0.15, 0.2) is 59.7 Å². The summed E-state index contributed by atoms with van der Waals surface area (Å²) in [6.07, 6.45) is 14.1. The first kappa shape index (κ1) is 33.4. The third-order valence-electron chi connectivity index (χ3n) is 7.30. The van der Waals surface area contributed by atoms with Crippen LogP contribution < -0.4 is 0 Å². The SMILES string of the molecule is CCCCCCC1=C(c2cccc(C)c2)[N+](=[N-])C(c2cccc(CCCCC)c2)=C1CCCC.C[CH2][Pd][CH2]C. The summed E-state index contributed by atoms with van der Waals surface area (Å²) in [5.74, 6) is 0. The fraction of sp³-hybridized carbons (Fsp3) is 0.556. The first-order valence-corrected chi connectivity index (χ1v) is 17.8. The van der Waals surface area contributed by atoms with Gasteiger partial charge >= 0.3 is 41.6 Å². The zero-order valence-electron chi connectivity index (χ0n) is 25.7. The molecule has 1 aliphatic heterocycles. The first-order valence-electron chi connectivity index (χ1n) is 15.6. The second-order valence-electron chi connectivity index (χ2n) is 10.5. The number of aryl methyl sites for hydroxylation is 2. The Balaban J connectivity index is 0.000000976. The van der Waals surface area contributed by atoms with Crippen molar-refractivity contribution in [1.29, 1.82) is 0 Å². The number of allylic oxidation sites excluding steroid dienone is 2. The standard InChI is InChI=1S/C32H44N2.2C2H5.Pd/c1-5-8-11-13-22-30-29(21-10-7-3)32(28-20-15-18-26(24-28)17-12-9-6-2)34(33)31(30)27-19-14-16-25(4)23-27;2*1-2;/h14-16,18-20,23-24H,5-13,17,21-22H2,1-4H3;2*1H2,2H3;. The molecule has 0 amide bonds. The Labute approximate surface area is 249 Å². The summed E-state index contributed by atoms with van der Waals surface area (Å²) < 4.78 is 1.53. The van der Waals surface area contributed by atoms with Gasteiger partial charge in [-0.3, -0.25) is 0 Å². The molecule has 0 N–H and O–H groups in total. The normalized spacial score (nSPS) is 13.3. The van der Waals surface area contributed by atoms with E-state index < -0.39 is 0 Å². The summed E-state index contributed by atoms with van der Waals surface area (Å²) >= 11 is 1.04. The molecule has 2 aromatic carbocycles. The van der Waals surface area contributed by atoms with Crippen molar-refractivity contribution in [2.45, 2.75) is 128 Å². The quantitative estimate of drug-likeness (QED) is 0.101. The van der Waals surface area contributed by atoms with Crippen molar-refractivity contribution >= 4 is 11.4 Å². The van der Waals surface area contributed by atoms with E-state index in [1.165, 1.54) is 81.7 Å². The van der Waals surface area contributed by atoms with E-state index in [1.807, 2.05) is 0 Å². The van der Waals surface area contributed by atoms with Gasteiger partial charge in [-0.1, -0.05) is 89.1 Å². The molecule has 0 atom stereocenters. The second kappa shape index (κ2) is 19.3. The Bertz CT molecular complexity index is 1080. The zero-order chi connectivity index (χ0) is 28.5. The van der Waals surface area contributed by atoms with Crippen LogP contribution in [0.5, 0.6) is 0 Å². The Morgan fingerprint density at radius 1 is 0.615 bits per heavy atom. The van der Waals surface area contributed by atoms with Gasteiger partial charge in [0.1, 0.15) is 0 Å². The number of nitrogens with zero attached hydrogens (tertiary/aromatic N) is 2. The van der Waals surface area contributed by atoms with Crippen LogP contribution >= 0.6 is 0 Å². The number of benzene rings is 2. The van der Waals surface area contributed by atoms with Crippen LogP contribution in [0.25, 0.3) is 16.9 Å². The summed E-state index contributed by atoms with van der Waals surface area (Å²) in [7, 11) is 0. The summed E-state index contributed by atoms with van der Waals surface area (Å²) in [5.41, 5.74) is 21.3. The predicted octanol–water partition coefficient (Wildman–Crippen LogP) is 12.0. The van der Waals surface area contributed by atoms with Crippen molar-refractivity contribution in [3.8, 4) is 0 Å². The Morgan fingerprint density at radius 2 is 1.15 bits per heavy atom. The van der Waals surface area contributed by atoms with E-state index in [1.54, 1.807) is 0 Å². The van der Waals surface area contributed by atoms with Crippen LogP contribution in [-0.4, -0.2) is 4.70 Å². The van der Waals surface area contributed by atoms with E-state index in [9.17, 15) is 5.53 Å². The van der Waals surface area contributed by atoms with Crippen molar-refractivity contribution in [2.24, 2.45) is 0 Å². The molecule has 0 fully saturated rings. The molecule has 1 aliphatic rings. The van der Waals surface area contributed by atoms with Crippen LogP contribution in [0.2, 0.25) is 9.79 Å². The Morgan fingerprint density at radius 3 is 1.72 bits per heavy atom. The molecule has 0 aromatic heterocycles. The average molecular weight is 621 g/mol.